The van der Waals surface area contributed by atoms with E-state index in [1.54, 1.807) is 19.1 Å². The normalized spacial score (nSPS) is 11.3. The molecule has 0 spiro atoms. The van der Waals surface area contributed by atoms with E-state index in [9.17, 15) is 8.42 Å². The number of aromatic nitrogens is 3. The largest absolute Gasteiger partial charge is 0.497 e. The number of hydrogen-bond acceptors (Lipinski definition) is 7. The van der Waals surface area contributed by atoms with Crippen LogP contribution in [0.25, 0.3) is 0 Å². The van der Waals surface area contributed by atoms with Crippen LogP contribution < -0.4 is 10.5 Å². The van der Waals surface area contributed by atoms with Crippen LogP contribution in [-0.2, 0) is 15.6 Å². The topological polar surface area (TPSA) is 108 Å². The molecule has 2 aromatic rings. The number of hydrogen-bond donors (Lipinski definition) is 1. The van der Waals surface area contributed by atoms with Crippen LogP contribution in [-0.4, -0.2) is 30.7 Å². The average Bonchev–Trinajstić information content (AvgIpc) is 2.43. The van der Waals surface area contributed by atoms with E-state index in [0.29, 0.717) is 17.1 Å². The van der Waals surface area contributed by atoms with Crippen LogP contribution in [0.3, 0.4) is 0 Å². The Hall–Kier alpha value is -2.22. The molecule has 0 aliphatic carbocycles. The molecule has 0 radical (unpaired) electrons. The van der Waals surface area contributed by atoms with Gasteiger partial charge in [-0.05, 0) is 31.2 Å². The van der Waals surface area contributed by atoms with Crippen molar-refractivity contribution in [2.45, 2.75) is 17.6 Å². The molecule has 0 unspecified atom stereocenters. The van der Waals surface area contributed by atoms with Crippen LogP contribution in [0, 0.1) is 6.92 Å². The zero-order chi connectivity index (χ0) is 14.8. The second kappa shape index (κ2) is 5.41. The summed E-state index contributed by atoms with van der Waals surface area (Å²) >= 11 is 0. The highest BCUT2D eigenvalue weighted by Crippen LogP contribution is 2.19. The number of nitrogens with two attached hydrogens (primary N) is 1. The van der Waals surface area contributed by atoms with E-state index in [2.05, 4.69) is 15.2 Å². The zero-order valence-corrected chi connectivity index (χ0v) is 11.9. The number of benzene rings is 1. The summed E-state index contributed by atoms with van der Waals surface area (Å²) in [4.78, 5) is 4.11. The minimum atomic E-state index is -3.52. The minimum Gasteiger partial charge on any atom is -0.497 e. The summed E-state index contributed by atoms with van der Waals surface area (Å²) in [6.45, 7) is 1.64. The minimum absolute atomic E-state index is 0.0458. The molecule has 0 amide bonds. The fourth-order valence-electron chi connectivity index (χ4n) is 1.61. The van der Waals surface area contributed by atoms with Gasteiger partial charge >= 0.3 is 0 Å². The Morgan fingerprint density at radius 1 is 1.20 bits per heavy atom. The number of nitrogens with zero attached hydrogens (tertiary/aromatic N) is 3. The lowest BCUT2D eigenvalue weighted by Crippen LogP contribution is -2.11. The number of aryl methyl sites for hydroxylation is 1. The maximum Gasteiger partial charge on any atom is 0.240 e. The summed E-state index contributed by atoms with van der Waals surface area (Å²) < 4.78 is 29.6. The van der Waals surface area contributed by atoms with Gasteiger partial charge in [-0.3, -0.25) is 0 Å². The van der Waals surface area contributed by atoms with Gasteiger partial charge < -0.3 is 10.5 Å². The molecule has 0 aliphatic rings. The monoisotopic (exact) mass is 294 g/mol. The molecule has 1 aromatic heterocycles. The van der Waals surface area contributed by atoms with Gasteiger partial charge in [-0.1, -0.05) is 0 Å². The third kappa shape index (κ3) is 3.02. The molecule has 1 heterocycles. The first-order valence-electron chi connectivity index (χ1n) is 5.75. The Morgan fingerprint density at radius 2 is 1.85 bits per heavy atom. The Bertz CT molecular complexity index is 714. The van der Waals surface area contributed by atoms with Crippen molar-refractivity contribution in [2.75, 3.05) is 12.8 Å². The van der Waals surface area contributed by atoms with Crippen LogP contribution >= 0.6 is 0 Å². The molecule has 0 saturated carbocycles. The predicted octanol–water partition coefficient (Wildman–Crippen LogP) is 0.745. The second-order valence-corrected chi connectivity index (χ2v) is 6.13. The van der Waals surface area contributed by atoms with Gasteiger partial charge in [0.25, 0.3) is 0 Å². The highest BCUT2D eigenvalue weighted by atomic mass is 32.2. The Labute approximate surface area is 116 Å². The SMILES string of the molecule is COc1ccc(S(=O)(=O)Cc2nc(N)nnc2C)cc1. The predicted molar refractivity (Wildman–Crippen MR) is 72.9 cm³/mol. The fraction of sp³-hybridized carbons (Fsp3) is 0.250. The molecule has 106 valence electrons. The van der Waals surface area contributed by atoms with Gasteiger partial charge in [0.15, 0.2) is 9.84 Å². The molecule has 0 atom stereocenters. The highest BCUT2D eigenvalue weighted by Gasteiger charge is 2.18. The molecule has 7 nitrogen and oxygen atoms in total. The van der Waals surface area contributed by atoms with E-state index < -0.39 is 9.84 Å². The number of methoxy groups -OCH3 is 1. The number of ether oxygens (including phenoxy) is 1. The maximum atomic E-state index is 12.3. The molecule has 0 fully saturated rings. The summed E-state index contributed by atoms with van der Waals surface area (Å²) in [6.07, 6.45) is 0. The maximum absolute atomic E-state index is 12.3. The van der Waals surface area contributed by atoms with Crippen molar-refractivity contribution < 1.29 is 13.2 Å². The average molecular weight is 294 g/mol. The molecule has 0 aliphatic heterocycles. The highest BCUT2D eigenvalue weighted by molar-refractivity contribution is 7.90. The van der Waals surface area contributed by atoms with Gasteiger partial charge in [0.2, 0.25) is 5.95 Å². The lowest BCUT2D eigenvalue weighted by molar-refractivity contribution is 0.414. The smallest absolute Gasteiger partial charge is 0.240 e. The van der Waals surface area contributed by atoms with E-state index >= 15 is 0 Å². The molecule has 0 bridgehead atoms. The first-order chi connectivity index (χ1) is 9.42. The molecule has 8 heteroatoms. The second-order valence-electron chi connectivity index (χ2n) is 4.14. The van der Waals surface area contributed by atoms with Gasteiger partial charge in [-0.15, -0.1) is 5.10 Å². The van der Waals surface area contributed by atoms with Crippen molar-refractivity contribution in [3.05, 3.63) is 35.7 Å². The van der Waals surface area contributed by atoms with Gasteiger partial charge in [0, 0.05) is 0 Å². The van der Waals surface area contributed by atoms with Gasteiger partial charge in [0.05, 0.1) is 29.1 Å². The van der Waals surface area contributed by atoms with Gasteiger partial charge in [-0.25, -0.2) is 13.4 Å². The summed E-state index contributed by atoms with van der Waals surface area (Å²) in [6, 6.07) is 6.15. The van der Waals surface area contributed by atoms with E-state index in [0.717, 1.165) is 0 Å². The fourth-order valence-corrected chi connectivity index (χ4v) is 2.96. The molecular formula is C12H14N4O3S. The molecule has 1 aromatic carbocycles. The van der Waals surface area contributed by atoms with Crippen molar-refractivity contribution in [2.24, 2.45) is 0 Å². The Morgan fingerprint density at radius 3 is 2.45 bits per heavy atom. The van der Waals surface area contributed by atoms with Crippen LogP contribution in [0.2, 0.25) is 0 Å². The standard InChI is InChI=1S/C12H14N4O3S/c1-8-11(14-12(13)16-15-8)7-20(17,18)10-5-3-9(19-2)4-6-10/h3-6H,7H2,1-2H3,(H2,13,14,16). The summed E-state index contributed by atoms with van der Waals surface area (Å²) in [7, 11) is -2.00. The number of nitrogen functional groups attached to an aromatic ring is 1. The number of rotatable bonds is 4. The first-order valence-corrected chi connectivity index (χ1v) is 7.40. The third-order valence-corrected chi connectivity index (χ3v) is 4.36. The number of anilines is 1. The summed E-state index contributed by atoms with van der Waals surface area (Å²) in [5, 5.41) is 7.33. The summed E-state index contributed by atoms with van der Waals surface area (Å²) in [5.41, 5.74) is 6.17. The van der Waals surface area contributed by atoms with Crippen molar-refractivity contribution >= 4 is 15.8 Å². The van der Waals surface area contributed by atoms with E-state index in [-0.39, 0.29) is 16.6 Å². The van der Waals surface area contributed by atoms with Gasteiger partial charge in [-0.2, -0.15) is 5.10 Å². The van der Waals surface area contributed by atoms with Crippen LogP contribution in [0.1, 0.15) is 11.4 Å². The quantitative estimate of drug-likeness (QED) is 0.886. The van der Waals surface area contributed by atoms with Crippen LogP contribution in [0.5, 0.6) is 5.75 Å². The zero-order valence-electron chi connectivity index (χ0n) is 11.1. The lowest BCUT2D eigenvalue weighted by atomic mass is 10.3. The van der Waals surface area contributed by atoms with Crippen LogP contribution in [0.15, 0.2) is 29.2 Å². The van der Waals surface area contributed by atoms with Crippen molar-refractivity contribution in [3.8, 4) is 5.75 Å². The van der Waals surface area contributed by atoms with Crippen molar-refractivity contribution in [1.29, 1.82) is 0 Å². The van der Waals surface area contributed by atoms with Crippen molar-refractivity contribution in [3.63, 3.8) is 0 Å². The van der Waals surface area contributed by atoms with Crippen molar-refractivity contribution in [1.82, 2.24) is 15.2 Å². The van der Waals surface area contributed by atoms with E-state index in [1.165, 1.54) is 19.2 Å². The van der Waals surface area contributed by atoms with E-state index in [1.807, 2.05) is 0 Å². The first kappa shape index (κ1) is 14.2. The Kier molecular flexibility index (Phi) is 3.84. The molecular weight excluding hydrogens is 280 g/mol. The lowest BCUT2D eigenvalue weighted by Gasteiger charge is -2.07. The van der Waals surface area contributed by atoms with E-state index in [4.69, 9.17) is 10.5 Å². The number of sulfone groups is 1. The molecule has 20 heavy (non-hydrogen) atoms. The third-order valence-electron chi connectivity index (χ3n) is 2.71. The Balaban J connectivity index is 2.32. The molecule has 2 rings (SSSR count). The molecule has 0 saturated heterocycles. The summed E-state index contributed by atoms with van der Waals surface area (Å²) in [5.74, 6) is 0.272. The van der Waals surface area contributed by atoms with Gasteiger partial charge in [0.1, 0.15) is 5.75 Å². The molecule has 2 N–H and O–H groups in total. The van der Waals surface area contributed by atoms with Crippen LogP contribution in [0.4, 0.5) is 5.95 Å².